The Bertz CT molecular complexity index is 1240. The van der Waals surface area contributed by atoms with Gasteiger partial charge in [0.05, 0.1) is 21.4 Å². The molecule has 0 aliphatic carbocycles. The third kappa shape index (κ3) is 2.61. The van der Waals surface area contributed by atoms with E-state index in [1.807, 2.05) is 18.2 Å². The Kier molecular flexibility index (Phi) is 3.69. The Balaban J connectivity index is 1.87. The van der Waals surface area contributed by atoms with Crippen molar-refractivity contribution in [2.45, 2.75) is 24.0 Å². The molecule has 0 unspecified atom stereocenters. The van der Waals surface area contributed by atoms with Gasteiger partial charge in [-0.1, -0.05) is 0 Å². The molecule has 26 heavy (non-hydrogen) atoms. The van der Waals surface area contributed by atoms with Crippen molar-refractivity contribution < 1.29 is 12.8 Å². The fourth-order valence-electron chi connectivity index (χ4n) is 2.85. The van der Waals surface area contributed by atoms with Gasteiger partial charge in [0.15, 0.2) is 21.8 Å². The minimum atomic E-state index is -3.37. The maximum absolute atomic E-state index is 12.4. The Morgan fingerprint density at radius 3 is 2.62 bits per heavy atom. The highest BCUT2D eigenvalue weighted by atomic mass is 32.2. The molecule has 0 amide bonds. The molecule has 6 nitrogen and oxygen atoms in total. The minimum Gasteiger partial charge on any atom is -0.443 e. The maximum atomic E-state index is 12.4. The highest BCUT2D eigenvalue weighted by molar-refractivity contribution is 7.92. The van der Waals surface area contributed by atoms with Crippen molar-refractivity contribution in [3.63, 3.8) is 0 Å². The Morgan fingerprint density at radius 2 is 1.85 bits per heavy atom. The van der Waals surface area contributed by atoms with E-state index in [0.717, 1.165) is 11.1 Å². The number of aromatic nitrogens is 2. The Labute approximate surface area is 150 Å². The van der Waals surface area contributed by atoms with E-state index in [4.69, 9.17) is 10.2 Å². The van der Waals surface area contributed by atoms with E-state index in [1.165, 1.54) is 6.39 Å². The molecule has 7 heteroatoms. The van der Waals surface area contributed by atoms with Crippen LogP contribution >= 0.6 is 0 Å². The fraction of sp³-hybridized carbons (Fsp3) is 0.158. The molecule has 2 aromatic heterocycles. The fourth-order valence-corrected chi connectivity index (χ4v) is 3.93. The number of fused-ring (bicyclic) bond motifs is 2. The SMILES string of the molecule is CC(C)S(=O)(=O)c1ccc2nc(-c3ccc4ocnc4c3)cc(N)c2c1. The van der Waals surface area contributed by atoms with Gasteiger partial charge < -0.3 is 10.2 Å². The van der Waals surface area contributed by atoms with Crippen molar-refractivity contribution in [3.05, 3.63) is 48.9 Å². The number of sulfone groups is 1. The van der Waals surface area contributed by atoms with Gasteiger partial charge in [0.25, 0.3) is 0 Å². The second kappa shape index (κ2) is 5.81. The first-order valence-corrected chi connectivity index (χ1v) is 9.69. The summed E-state index contributed by atoms with van der Waals surface area (Å²) in [5, 5.41) is 0.126. The lowest BCUT2D eigenvalue weighted by atomic mass is 10.1. The monoisotopic (exact) mass is 367 g/mol. The summed E-state index contributed by atoms with van der Waals surface area (Å²) in [4.78, 5) is 9.04. The van der Waals surface area contributed by atoms with E-state index in [-0.39, 0.29) is 4.90 Å². The molecule has 4 aromatic rings. The van der Waals surface area contributed by atoms with Crippen molar-refractivity contribution >= 4 is 37.5 Å². The number of nitrogen functional groups attached to an aromatic ring is 1. The highest BCUT2D eigenvalue weighted by Crippen LogP contribution is 2.30. The molecule has 0 spiro atoms. The summed E-state index contributed by atoms with van der Waals surface area (Å²) < 4.78 is 30.0. The van der Waals surface area contributed by atoms with Crippen LogP contribution in [-0.4, -0.2) is 23.6 Å². The predicted octanol–water partition coefficient (Wildman–Crippen LogP) is 3.81. The molecule has 0 aliphatic heterocycles. The summed E-state index contributed by atoms with van der Waals surface area (Å²) in [5.41, 5.74) is 10.3. The average molecular weight is 367 g/mol. The first kappa shape index (κ1) is 16.5. The predicted molar refractivity (Wildman–Crippen MR) is 101 cm³/mol. The molecule has 0 aliphatic rings. The van der Waals surface area contributed by atoms with E-state index in [1.54, 1.807) is 38.1 Å². The molecule has 0 saturated carbocycles. The quantitative estimate of drug-likeness (QED) is 0.591. The van der Waals surface area contributed by atoms with Gasteiger partial charge >= 0.3 is 0 Å². The highest BCUT2D eigenvalue weighted by Gasteiger charge is 2.20. The zero-order valence-corrected chi connectivity index (χ0v) is 15.1. The number of oxazole rings is 1. The van der Waals surface area contributed by atoms with Gasteiger partial charge in [-0.25, -0.2) is 18.4 Å². The standard InChI is InChI=1S/C19H17N3O3S/c1-11(2)26(23,24)13-4-5-16-14(8-13)15(20)9-17(22-16)12-3-6-19-18(7-12)21-10-25-19/h3-11H,1-2H3,(H2,20,22). The third-order valence-electron chi connectivity index (χ3n) is 4.39. The van der Waals surface area contributed by atoms with Crippen molar-refractivity contribution in [1.82, 2.24) is 9.97 Å². The second-order valence-corrected chi connectivity index (χ2v) is 8.91. The Morgan fingerprint density at radius 1 is 1.04 bits per heavy atom. The van der Waals surface area contributed by atoms with E-state index in [0.29, 0.717) is 27.9 Å². The van der Waals surface area contributed by atoms with Crippen molar-refractivity contribution in [1.29, 1.82) is 0 Å². The van der Waals surface area contributed by atoms with Crippen LogP contribution in [0.15, 0.2) is 58.2 Å². The molecule has 0 fully saturated rings. The van der Waals surface area contributed by atoms with Crippen molar-refractivity contribution in [2.75, 3.05) is 5.73 Å². The lowest BCUT2D eigenvalue weighted by Crippen LogP contribution is -2.14. The number of hydrogen-bond acceptors (Lipinski definition) is 6. The maximum Gasteiger partial charge on any atom is 0.181 e. The molecule has 0 saturated heterocycles. The summed E-state index contributed by atoms with van der Waals surface area (Å²) in [6, 6.07) is 12.2. The van der Waals surface area contributed by atoms with Crippen LogP contribution in [-0.2, 0) is 9.84 Å². The molecule has 2 heterocycles. The lowest BCUT2D eigenvalue weighted by Gasteiger charge is -2.11. The molecule has 0 radical (unpaired) electrons. The van der Waals surface area contributed by atoms with Gasteiger partial charge in [-0.15, -0.1) is 0 Å². The smallest absolute Gasteiger partial charge is 0.181 e. The van der Waals surface area contributed by atoms with Gasteiger partial charge in [-0.05, 0) is 56.3 Å². The number of rotatable bonds is 3. The van der Waals surface area contributed by atoms with Crippen LogP contribution in [0.1, 0.15) is 13.8 Å². The number of nitrogens with two attached hydrogens (primary N) is 1. The minimum absolute atomic E-state index is 0.255. The number of hydrogen-bond donors (Lipinski definition) is 1. The average Bonchev–Trinajstić information content (AvgIpc) is 3.08. The van der Waals surface area contributed by atoms with E-state index in [2.05, 4.69) is 9.97 Å². The first-order chi connectivity index (χ1) is 12.4. The summed E-state index contributed by atoms with van der Waals surface area (Å²) in [6.45, 7) is 3.31. The van der Waals surface area contributed by atoms with Crippen LogP contribution in [0.4, 0.5) is 5.69 Å². The largest absolute Gasteiger partial charge is 0.443 e. The van der Waals surface area contributed by atoms with Gasteiger partial charge in [0.1, 0.15) is 5.52 Å². The first-order valence-electron chi connectivity index (χ1n) is 8.14. The zero-order valence-electron chi connectivity index (χ0n) is 14.3. The molecule has 132 valence electrons. The van der Waals surface area contributed by atoms with E-state index < -0.39 is 15.1 Å². The normalized spacial score (nSPS) is 12.3. The van der Waals surface area contributed by atoms with Gasteiger partial charge in [0, 0.05) is 16.6 Å². The van der Waals surface area contributed by atoms with E-state index in [9.17, 15) is 8.42 Å². The molecule has 0 bridgehead atoms. The van der Waals surface area contributed by atoms with Crippen LogP contribution in [0, 0.1) is 0 Å². The summed E-state index contributed by atoms with van der Waals surface area (Å²) in [7, 11) is -3.37. The summed E-state index contributed by atoms with van der Waals surface area (Å²) in [6.07, 6.45) is 1.40. The number of anilines is 1. The topological polar surface area (TPSA) is 99.1 Å². The van der Waals surface area contributed by atoms with Crippen molar-refractivity contribution in [2.24, 2.45) is 0 Å². The zero-order chi connectivity index (χ0) is 18.5. The number of pyridine rings is 1. The Hall–Kier alpha value is -2.93. The van der Waals surface area contributed by atoms with Gasteiger partial charge in [0.2, 0.25) is 0 Å². The van der Waals surface area contributed by atoms with Crippen LogP contribution in [0.25, 0.3) is 33.3 Å². The van der Waals surface area contributed by atoms with Crippen LogP contribution in [0.5, 0.6) is 0 Å². The summed E-state index contributed by atoms with van der Waals surface area (Å²) >= 11 is 0. The molecule has 2 aromatic carbocycles. The molecule has 2 N–H and O–H groups in total. The third-order valence-corrected chi connectivity index (χ3v) is 6.54. The van der Waals surface area contributed by atoms with Crippen LogP contribution in [0.2, 0.25) is 0 Å². The molecular weight excluding hydrogens is 350 g/mol. The molecule has 0 atom stereocenters. The number of benzene rings is 2. The summed E-state index contributed by atoms with van der Waals surface area (Å²) in [5.74, 6) is 0. The lowest BCUT2D eigenvalue weighted by molar-refractivity contribution is 0.587. The molecular formula is C19H17N3O3S. The number of nitrogens with zero attached hydrogens (tertiary/aromatic N) is 2. The van der Waals surface area contributed by atoms with Crippen LogP contribution in [0.3, 0.4) is 0 Å². The van der Waals surface area contributed by atoms with E-state index >= 15 is 0 Å². The van der Waals surface area contributed by atoms with Gasteiger partial charge in [-0.2, -0.15) is 0 Å². The van der Waals surface area contributed by atoms with Crippen LogP contribution < -0.4 is 5.73 Å². The second-order valence-electron chi connectivity index (χ2n) is 6.40. The van der Waals surface area contributed by atoms with Crippen molar-refractivity contribution in [3.8, 4) is 11.3 Å². The van der Waals surface area contributed by atoms with Gasteiger partial charge in [-0.3, -0.25) is 0 Å². The molecule has 4 rings (SSSR count).